The van der Waals surface area contributed by atoms with Crippen molar-refractivity contribution in [3.63, 3.8) is 0 Å². The van der Waals surface area contributed by atoms with Crippen molar-refractivity contribution in [3.05, 3.63) is 29.6 Å². The summed E-state index contributed by atoms with van der Waals surface area (Å²) in [5, 5.41) is 9.19. The van der Waals surface area contributed by atoms with Crippen LogP contribution in [0.2, 0.25) is 0 Å². The van der Waals surface area contributed by atoms with Crippen LogP contribution < -0.4 is 5.73 Å². The lowest BCUT2D eigenvalue weighted by molar-refractivity contribution is 0.130. The molecule has 86 valence electrons. The van der Waals surface area contributed by atoms with Gasteiger partial charge in [0.25, 0.3) is 0 Å². The number of nitrogens with two attached hydrogens (primary N) is 1. The van der Waals surface area contributed by atoms with Crippen LogP contribution in [0.25, 0.3) is 0 Å². The fraction of sp³-hybridized carbons (Fsp3) is 0.545. The standard InChI is InChI=1S/C11H18N2O.ClH/c1-8-5-4-6-9(13-8)10(12)11(2,3)7-14;/h4-6,10,14H,7,12H2,1-3H3;1H/t10-;/m0./s1. The van der Waals surface area contributed by atoms with E-state index in [1.165, 1.54) is 0 Å². The molecular formula is C11H19ClN2O. The minimum absolute atomic E-state index is 0. The first-order valence-electron chi connectivity index (χ1n) is 4.77. The van der Waals surface area contributed by atoms with Crippen LogP contribution in [0.1, 0.15) is 31.3 Å². The Morgan fingerprint density at radius 2 is 2.07 bits per heavy atom. The number of nitrogens with zero attached hydrogens (tertiary/aromatic N) is 1. The molecule has 0 aliphatic heterocycles. The van der Waals surface area contributed by atoms with E-state index in [-0.39, 0.29) is 30.5 Å². The van der Waals surface area contributed by atoms with Gasteiger partial charge in [0, 0.05) is 11.1 Å². The fourth-order valence-corrected chi connectivity index (χ4v) is 1.24. The molecule has 0 fully saturated rings. The zero-order chi connectivity index (χ0) is 10.8. The van der Waals surface area contributed by atoms with Gasteiger partial charge in [-0.3, -0.25) is 4.98 Å². The zero-order valence-corrected chi connectivity index (χ0v) is 10.2. The molecule has 0 saturated heterocycles. The maximum absolute atomic E-state index is 9.19. The minimum atomic E-state index is -0.333. The Kier molecular flexibility index (Phi) is 5.21. The maximum atomic E-state index is 9.19. The molecule has 3 nitrogen and oxygen atoms in total. The Balaban J connectivity index is 0.00000196. The first-order chi connectivity index (χ1) is 6.47. The predicted octanol–water partition coefficient (Wildman–Crippen LogP) is 1.83. The first kappa shape index (κ1) is 14.4. The van der Waals surface area contributed by atoms with Crippen molar-refractivity contribution in [2.45, 2.75) is 26.8 Å². The third kappa shape index (κ3) is 3.45. The van der Waals surface area contributed by atoms with Crippen LogP contribution in [0.5, 0.6) is 0 Å². The van der Waals surface area contributed by atoms with Crippen LogP contribution in [0.4, 0.5) is 0 Å². The van der Waals surface area contributed by atoms with Crippen molar-refractivity contribution < 1.29 is 5.11 Å². The van der Waals surface area contributed by atoms with Gasteiger partial charge in [-0.1, -0.05) is 19.9 Å². The fourth-order valence-electron chi connectivity index (χ4n) is 1.24. The summed E-state index contributed by atoms with van der Waals surface area (Å²) >= 11 is 0. The van der Waals surface area contributed by atoms with Crippen molar-refractivity contribution in [2.75, 3.05) is 6.61 Å². The van der Waals surface area contributed by atoms with E-state index in [1.54, 1.807) is 0 Å². The van der Waals surface area contributed by atoms with Crippen molar-refractivity contribution >= 4 is 12.4 Å². The van der Waals surface area contributed by atoms with Gasteiger partial charge in [-0.25, -0.2) is 0 Å². The summed E-state index contributed by atoms with van der Waals surface area (Å²) < 4.78 is 0. The Labute approximate surface area is 97.1 Å². The number of pyridine rings is 1. The van der Waals surface area contributed by atoms with Gasteiger partial charge in [0.2, 0.25) is 0 Å². The van der Waals surface area contributed by atoms with Crippen molar-refractivity contribution in [2.24, 2.45) is 11.1 Å². The van der Waals surface area contributed by atoms with Gasteiger partial charge in [0.15, 0.2) is 0 Å². The molecule has 4 heteroatoms. The highest BCUT2D eigenvalue weighted by Crippen LogP contribution is 2.29. The van der Waals surface area contributed by atoms with E-state index in [4.69, 9.17) is 5.73 Å². The van der Waals surface area contributed by atoms with Crippen LogP contribution in [-0.2, 0) is 0 Å². The van der Waals surface area contributed by atoms with Crippen LogP contribution in [0.15, 0.2) is 18.2 Å². The molecule has 1 aromatic rings. The molecular weight excluding hydrogens is 212 g/mol. The summed E-state index contributed by atoms with van der Waals surface area (Å²) in [5.41, 5.74) is 7.48. The molecule has 15 heavy (non-hydrogen) atoms. The Hall–Kier alpha value is -0.640. The highest BCUT2D eigenvalue weighted by molar-refractivity contribution is 5.85. The van der Waals surface area contributed by atoms with Gasteiger partial charge in [-0.2, -0.15) is 0 Å². The van der Waals surface area contributed by atoms with Crippen LogP contribution in [-0.4, -0.2) is 16.7 Å². The molecule has 0 unspecified atom stereocenters. The quantitative estimate of drug-likeness (QED) is 0.833. The van der Waals surface area contributed by atoms with Crippen molar-refractivity contribution in [3.8, 4) is 0 Å². The first-order valence-corrected chi connectivity index (χ1v) is 4.77. The summed E-state index contributed by atoms with van der Waals surface area (Å²) in [7, 11) is 0. The van der Waals surface area contributed by atoms with Crippen molar-refractivity contribution in [1.82, 2.24) is 4.98 Å². The Bertz CT molecular complexity index is 315. The van der Waals surface area contributed by atoms with Crippen LogP contribution in [0, 0.1) is 12.3 Å². The number of aliphatic hydroxyl groups excluding tert-OH is 1. The molecule has 0 aliphatic carbocycles. The molecule has 0 radical (unpaired) electrons. The predicted molar refractivity (Wildman–Crippen MR) is 64.0 cm³/mol. The van der Waals surface area contributed by atoms with E-state index in [0.717, 1.165) is 11.4 Å². The topological polar surface area (TPSA) is 59.1 Å². The van der Waals surface area contributed by atoms with E-state index < -0.39 is 0 Å². The molecule has 0 bridgehead atoms. The summed E-state index contributed by atoms with van der Waals surface area (Å²) in [6, 6.07) is 5.54. The van der Waals surface area contributed by atoms with Gasteiger partial charge < -0.3 is 10.8 Å². The second-order valence-electron chi connectivity index (χ2n) is 4.33. The van der Waals surface area contributed by atoms with Gasteiger partial charge in [0.05, 0.1) is 18.3 Å². The van der Waals surface area contributed by atoms with E-state index in [9.17, 15) is 5.11 Å². The molecule has 1 heterocycles. The van der Waals surface area contributed by atoms with Gasteiger partial charge in [-0.05, 0) is 19.1 Å². The molecule has 1 aromatic heterocycles. The molecule has 0 spiro atoms. The Morgan fingerprint density at radius 1 is 1.47 bits per heavy atom. The van der Waals surface area contributed by atoms with Crippen LogP contribution >= 0.6 is 12.4 Å². The number of hydrogen-bond donors (Lipinski definition) is 2. The second-order valence-corrected chi connectivity index (χ2v) is 4.33. The van der Waals surface area contributed by atoms with E-state index >= 15 is 0 Å². The number of hydrogen-bond acceptors (Lipinski definition) is 3. The lowest BCUT2D eigenvalue weighted by atomic mass is 9.84. The van der Waals surface area contributed by atoms with Gasteiger partial charge in [-0.15, -0.1) is 12.4 Å². The normalized spacial score (nSPS) is 13.1. The van der Waals surface area contributed by atoms with Crippen LogP contribution in [0.3, 0.4) is 0 Å². The number of aryl methyl sites for hydroxylation is 1. The summed E-state index contributed by atoms with van der Waals surface area (Å²) in [5.74, 6) is 0. The van der Waals surface area contributed by atoms with E-state index in [1.807, 2.05) is 39.0 Å². The number of halogens is 1. The minimum Gasteiger partial charge on any atom is -0.396 e. The second kappa shape index (κ2) is 5.45. The zero-order valence-electron chi connectivity index (χ0n) is 9.40. The smallest absolute Gasteiger partial charge is 0.0580 e. The lowest BCUT2D eigenvalue weighted by Crippen LogP contribution is -2.33. The number of aliphatic hydroxyl groups is 1. The third-order valence-electron chi connectivity index (χ3n) is 2.48. The number of rotatable bonds is 3. The molecule has 1 rings (SSSR count). The SMILES string of the molecule is Cc1cccc([C@H](N)C(C)(C)CO)n1.Cl. The highest BCUT2D eigenvalue weighted by Gasteiger charge is 2.27. The maximum Gasteiger partial charge on any atom is 0.0580 e. The third-order valence-corrected chi connectivity index (χ3v) is 2.48. The van der Waals surface area contributed by atoms with Gasteiger partial charge >= 0.3 is 0 Å². The summed E-state index contributed by atoms with van der Waals surface area (Å²) in [6.07, 6.45) is 0. The highest BCUT2D eigenvalue weighted by atomic mass is 35.5. The van der Waals surface area contributed by atoms with Crippen molar-refractivity contribution in [1.29, 1.82) is 0 Å². The summed E-state index contributed by atoms with van der Waals surface area (Å²) in [4.78, 5) is 4.35. The molecule has 1 atom stereocenters. The lowest BCUT2D eigenvalue weighted by Gasteiger charge is -2.28. The molecule has 0 amide bonds. The van der Waals surface area contributed by atoms with E-state index in [2.05, 4.69) is 4.98 Å². The average Bonchev–Trinajstić information content (AvgIpc) is 2.16. The monoisotopic (exact) mass is 230 g/mol. The summed E-state index contributed by atoms with van der Waals surface area (Å²) in [6.45, 7) is 5.86. The average molecular weight is 231 g/mol. The number of aromatic nitrogens is 1. The molecule has 0 saturated carbocycles. The van der Waals surface area contributed by atoms with E-state index in [0.29, 0.717) is 0 Å². The molecule has 0 aliphatic rings. The largest absolute Gasteiger partial charge is 0.396 e. The Morgan fingerprint density at radius 3 is 2.53 bits per heavy atom. The molecule has 3 N–H and O–H groups in total. The molecule has 0 aromatic carbocycles. The van der Waals surface area contributed by atoms with Gasteiger partial charge in [0.1, 0.15) is 0 Å².